The molecule has 0 aliphatic heterocycles. The summed E-state index contributed by atoms with van der Waals surface area (Å²) in [5, 5.41) is 0. The van der Waals surface area contributed by atoms with Crippen molar-refractivity contribution < 1.29 is 41.5 Å². The minimum atomic E-state index is -3.81. The monoisotopic (exact) mass is 404 g/mol. The van der Waals surface area contributed by atoms with Crippen molar-refractivity contribution in [1.29, 1.82) is 0 Å². The number of ether oxygens (including phenoxy) is 2. The Labute approximate surface area is 149 Å². The first-order valence-electron chi connectivity index (χ1n) is 8.34. The van der Waals surface area contributed by atoms with Gasteiger partial charge in [-0.15, -0.1) is 0 Å². The van der Waals surface area contributed by atoms with Gasteiger partial charge in [-0.1, -0.05) is 0 Å². The molecule has 0 fully saturated rings. The highest BCUT2D eigenvalue weighted by Crippen LogP contribution is 2.60. The second kappa shape index (κ2) is 13.0. The Kier molecular flexibility index (Phi) is 12.8. The van der Waals surface area contributed by atoms with Gasteiger partial charge >= 0.3 is 21.2 Å². The van der Waals surface area contributed by atoms with Crippen LogP contribution in [0.1, 0.15) is 34.6 Å². The number of hydrogen-bond acceptors (Lipinski definition) is 9. The van der Waals surface area contributed by atoms with Crippen LogP contribution in [0.15, 0.2) is 0 Å². The van der Waals surface area contributed by atoms with Crippen molar-refractivity contribution in [1.82, 2.24) is 0 Å². The van der Waals surface area contributed by atoms with E-state index < -0.39 is 33.6 Å². The van der Waals surface area contributed by atoms with E-state index in [1.54, 1.807) is 34.6 Å². The SMILES string of the molecule is CCOC(=O)COC(CP(=O)(OCC)OCC)P(=O)(OCC)OCC. The highest BCUT2D eigenvalue weighted by molar-refractivity contribution is 7.58. The lowest BCUT2D eigenvalue weighted by Gasteiger charge is -2.28. The zero-order valence-electron chi connectivity index (χ0n) is 15.6. The first kappa shape index (κ1) is 24.7. The van der Waals surface area contributed by atoms with Crippen molar-refractivity contribution in [3.05, 3.63) is 0 Å². The normalized spacial score (nSPS) is 13.6. The highest BCUT2D eigenvalue weighted by Gasteiger charge is 2.43. The minimum Gasteiger partial charge on any atom is -0.464 e. The van der Waals surface area contributed by atoms with Gasteiger partial charge in [0.05, 0.1) is 39.2 Å². The Morgan fingerprint density at radius 3 is 1.68 bits per heavy atom. The molecule has 9 nitrogen and oxygen atoms in total. The second-order valence-corrected chi connectivity index (χ2v) is 8.85. The van der Waals surface area contributed by atoms with E-state index in [-0.39, 0.29) is 39.2 Å². The van der Waals surface area contributed by atoms with Crippen molar-refractivity contribution in [3.63, 3.8) is 0 Å². The fraction of sp³-hybridized carbons (Fsp3) is 0.929. The zero-order chi connectivity index (χ0) is 19.3. The topological polar surface area (TPSA) is 107 Å². The number of carbonyl (C=O) groups is 1. The molecule has 150 valence electrons. The van der Waals surface area contributed by atoms with Crippen LogP contribution in [0.4, 0.5) is 0 Å². The molecule has 11 heteroatoms. The molecule has 0 heterocycles. The maximum atomic E-state index is 13.0. The lowest BCUT2D eigenvalue weighted by atomic mass is 10.7. The predicted octanol–water partition coefficient (Wildman–Crippen LogP) is 3.42. The third kappa shape index (κ3) is 9.29. The largest absolute Gasteiger partial charge is 0.464 e. The van der Waals surface area contributed by atoms with E-state index >= 15 is 0 Å². The summed E-state index contributed by atoms with van der Waals surface area (Å²) in [5.74, 6) is -1.93. The highest BCUT2D eigenvalue weighted by atomic mass is 31.2. The Bertz CT molecular complexity index is 449. The average molecular weight is 404 g/mol. The number of esters is 1. The van der Waals surface area contributed by atoms with Gasteiger partial charge in [0.2, 0.25) is 0 Å². The third-order valence-electron chi connectivity index (χ3n) is 2.70. The lowest BCUT2D eigenvalue weighted by molar-refractivity contribution is -0.149. The van der Waals surface area contributed by atoms with Crippen LogP contribution in [0.5, 0.6) is 0 Å². The van der Waals surface area contributed by atoms with E-state index in [1.165, 1.54) is 0 Å². The number of hydrogen-bond donors (Lipinski definition) is 0. The summed E-state index contributed by atoms with van der Waals surface area (Å²) < 4.78 is 56.9. The molecule has 0 radical (unpaired) electrons. The van der Waals surface area contributed by atoms with Crippen LogP contribution in [-0.2, 0) is 41.5 Å². The van der Waals surface area contributed by atoms with Gasteiger partial charge in [0.25, 0.3) is 0 Å². The molecule has 0 spiro atoms. The summed E-state index contributed by atoms with van der Waals surface area (Å²) in [6, 6.07) is 0. The molecule has 1 unspecified atom stereocenters. The van der Waals surface area contributed by atoms with Gasteiger partial charge < -0.3 is 27.6 Å². The molecule has 0 aromatic rings. The van der Waals surface area contributed by atoms with Crippen molar-refractivity contribution in [2.45, 2.75) is 40.5 Å². The Morgan fingerprint density at radius 2 is 1.28 bits per heavy atom. The molecule has 0 bridgehead atoms. The van der Waals surface area contributed by atoms with E-state index in [1.807, 2.05) is 0 Å². The van der Waals surface area contributed by atoms with Gasteiger partial charge in [-0.3, -0.25) is 9.13 Å². The molecule has 0 aromatic heterocycles. The van der Waals surface area contributed by atoms with Crippen molar-refractivity contribution in [2.75, 3.05) is 45.8 Å². The molecule has 25 heavy (non-hydrogen) atoms. The lowest BCUT2D eigenvalue weighted by Crippen LogP contribution is -2.26. The average Bonchev–Trinajstić information content (AvgIpc) is 2.52. The quantitative estimate of drug-likeness (QED) is 0.300. The molecule has 0 aliphatic rings. The Balaban J connectivity index is 5.44. The van der Waals surface area contributed by atoms with E-state index in [9.17, 15) is 13.9 Å². The fourth-order valence-electron chi connectivity index (χ4n) is 1.90. The fourth-order valence-corrected chi connectivity index (χ4v) is 6.25. The van der Waals surface area contributed by atoms with Crippen LogP contribution in [0, 0.1) is 0 Å². The summed E-state index contributed by atoms with van der Waals surface area (Å²) in [4.78, 5) is 11.6. The molecule has 0 aliphatic carbocycles. The molecular formula is C14H30O9P2. The van der Waals surface area contributed by atoms with Gasteiger partial charge in [0.1, 0.15) is 6.61 Å². The van der Waals surface area contributed by atoms with Gasteiger partial charge in [-0.2, -0.15) is 0 Å². The second-order valence-electron chi connectivity index (χ2n) is 4.58. The van der Waals surface area contributed by atoms with Crippen LogP contribution in [0.3, 0.4) is 0 Å². The molecule has 0 saturated heterocycles. The van der Waals surface area contributed by atoms with Crippen LogP contribution in [0.2, 0.25) is 0 Å². The van der Waals surface area contributed by atoms with E-state index in [2.05, 4.69) is 0 Å². The van der Waals surface area contributed by atoms with Gasteiger partial charge in [-0.25, -0.2) is 4.79 Å². The maximum absolute atomic E-state index is 13.0. The Hall–Kier alpha value is -0.270. The molecule has 1 atom stereocenters. The predicted molar refractivity (Wildman–Crippen MR) is 93.0 cm³/mol. The van der Waals surface area contributed by atoms with Crippen LogP contribution >= 0.6 is 15.2 Å². The maximum Gasteiger partial charge on any atom is 0.359 e. The van der Waals surface area contributed by atoms with Gasteiger partial charge in [0, 0.05) is 0 Å². The van der Waals surface area contributed by atoms with Gasteiger partial charge in [0.15, 0.2) is 5.85 Å². The van der Waals surface area contributed by atoms with Crippen molar-refractivity contribution >= 4 is 21.2 Å². The molecular weight excluding hydrogens is 374 g/mol. The van der Waals surface area contributed by atoms with E-state index in [0.717, 1.165) is 0 Å². The summed E-state index contributed by atoms with van der Waals surface area (Å²) in [6.07, 6.45) is -0.370. The molecule has 0 aromatic carbocycles. The third-order valence-corrected chi connectivity index (χ3v) is 7.34. The van der Waals surface area contributed by atoms with Crippen LogP contribution in [-0.4, -0.2) is 57.6 Å². The molecule has 0 saturated carbocycles. The summed E-state index contributed by atoms with van der Waals surface area (Å²) in [6.45, 7) is 8.38. The number of rotatable bonds is 15. The first-order valence-corrected chi connectivity index (χ1v) is 11.7. The molecule has 0 N–H and O–H groups in total. The standard InChI is InChI=1S/C14H30O9P2/c1-6-18-13(15)11-19-14(25(17,22-9-4)23-10-5)12-24(16,20-7-2)21-8-3/h14H,6-12H2,1-5H3. The summed E-state index contributed by atoms with van der Waals surface area (Å²) >= 11 is 0. The summed E-state index contributed by atoms with van der Waals surface area (Å²) in [7, 11) is -7.41. The van der Waals surface area contributed by atoms with Crippen molar-refractivity contribution in [3.8, 4) is 0 Å². The van der Waals surface area contributed by atoms with E-state index in [4.69, 9.17) is 27.6 Å². The van der Waals surface area contributed by atoms with Crippen molar-refractivity contribution in [2.24, 2.45) is 0 Å². The first-order chi connectivity index (χ1) is 11.8. The minimum absolute atomic E-state index is 0.0874. The van der Waals surface area contributed by atoms with E-state index in [0.29, 0.717) is 0 Å². The van der Waals surface area contributed by atoms with Crippen LogP contribution < -0.4 is 0 Å². The zero-order valence-corrected chi connectivity index (χ0v) is 17.4. The molecule has 0 amide bonds. The van der Waals surface area contributed by atoms with Crippen LogP contribution in [0.25, 0.3) is 0 Å². The summed E-state index contributed by atoms with van der Waals surface area (Å²) in [5.41, 5.74) is 0. The number of carbonyl (C=O) groups excluding carboxylic acids is 1. The smallest absolute Gasteiger partial charge is 0.359 e. The van der Waals surface area contributed by atoms with Gasteiger partial charge in [-0.05, 0) is 34.6 Å². The Morgan fingerprint density at radius 1 is 0.800 bits per heavy atom. The molecule has 0 rings (SSSR count).